The van der Waals surface area contributed by atoms with Crippen molar-refractivity contribution in [1.29, 1.82) is 0 Å². The van der Waals surface area contributed by atoms with Crippen LogP contribution in [0.15, 0.2) is 53.4 Å². The highest BCUT2D eigenvalue weighted by atomic mass is 32.2. The number of benzene rings is 2. The number of fused-ring (bicyclic) bond motifs is 3. The van der Waals surface area contributed by atoms with Gasteiger partial charge in [-0.2, -0.15) is 5.10 Å². The average molecular weight is 537 g/mol. The van der Waals surface area contributed by atoms with Crippen LogP contribution in [0.2, 0.25) is 0 Å². The summed E-state index contributed by atoms with van der Waals surface area (Å²) in [6, 6.07) is 13.6. The number of rotatable bonds is 3. The number of hydrogen-bond donors (Lipinski definition) is 1. The van der Waals surface area contributed by atoms with Crippen LogP contribution in [0, 0.1) is 0 Å². The van der Waals surface area contributed by atoms with Crippen molar-refractivity contribution in [3.63, 3.8) is 0 Å². The van der Waals surface area contributed by atoms with Gasteiger partial charge >= 0.3 is 0 Å². The highest BCUT2D eigenvalue weighted by molar-refractivity contribution is 7.90. The lowest BCUT2D eigenvalue weighted by Gasteiger charge is -2.30. The van der Waals surface area contributed by atoms with E-state index in [1.807, 2.05) is 0 Å². The minimum absolute atomic E-state index is 0.0934. The van der Waals surface area contributed by atoms with Gasteiger partial charge in [-0.3, -0.25) is 9.59 Å². The molecule has 0 aliphatic carbocycles. The number of morpholine rings is 1. The zero-order valence-corrected chi connectivity index (χ0v) is 21.6. The summed E-state index contributed by atoms with van der Waals surface area (Å²) in [5.74, 6) is -0.874. The monoisotopic (exact) mass is 536 g/mol. The number of aliphatic hydroxyl groups excluding tert-OH is 1. The third kappa shape index (κ3) is 4.30. The van der Waals surface area contributed by atoms with Crippen molar-refractivity contribution < 1.29 is 27.9 Å². The smallest absolute Gasteiger partial charge is 0.274 e. The number of aliphatic hydroxyl groups is 1. The summed E-state index contributed by atoms with van der Waals surface area (Å²) in [5.41, 5.74) is 2.42. The molecule has 3 aliphatic rings. The maximum absolute atomic E-state index is 13.6. The normalized spacial score (nSPS) is 20.5. The van der Waals surface area contributed by atoms with Gasteiger partial charge in [0.15, 0.2) is 15.5 Å². The van der Waals surface area contributed by atoms with E-state index in [1.165, 1.54) is 0 Å². The van der Waals surface area contributed by atoms with Crippen molar-refractivity contribution in [2.75, 3.05) is 39.4 Å². The number of β-amino-alcohol motifs (C(OH)–C–C–N with tert-alkyl or cyclic N) is 1. The average Bonchev–Trinajstić information content (AvgIpc) is 3.31. The number of ether oxygens (including phenoxy) is 1. The summed E-state index contributed by atoms with van der Waals surface area (Å²) >= 11 is 0. The summed E-state index contributed by atoms with van der Waals surface area (Å²) in [7, 11) is -3.69. The lowest BCUT2D eigenvalue weighted by atomic mass is 10.0. The molecule has 198 valence electrons. The van der Waals surface area contributed by atoms with Gasteiger partial charge in [0.1, 0.15) is 0 Å². The number of nitrogens with zero attached hydrogens (tertiary/aromatic N) is 4. The molecule has 2 saturated heterocycles. The zero-order chi connectivity index (χ0) is 26.4. The van der Waals surface area contributed by atoms with Gasteiger partial charge in [-0.25, -0.2) is 13.1 Å². The molecule has 3 aliphatic heterocycles. The van der Waals surface area contributed by atoms with E-state index in [9.17, 15) is 23.1 Å². The highest BCUT2D eigenvalue weighted by Gasteiger charge is 2.37. The van der Waals surface area contributed by atoms with Crippen molar-refractivity contribution in [3.8, 4) is 16.9 Å². The van der Waals surface area contributed by atoms with Crippen molar-refractivity contribution in [1.82, 2.24) is 19.6 Å². The first-order valence-corrected chi connectivity index (χ1v) is 14.4. The molecule has 0 saturated carbocycles. The van der Waals surface area contributed by atoms with E-state index < -0.39 is 15.9 Å². The summed E-state index contributed by atoms with van der Waals surface area (Å²) in [4.78, 5) is 30.3. The van der Waals surface area contributed by atoms with Gasteiger partial charge in [-0.05, 0) is 37.1 Å². The molecular formula is C27H28N4O6S. The molecule has 11 heteroatoms. The quantitative estimate of drug-likeness (QED) is 0.543. The third-order valence-electron chi connectivity index (χ3n) is 7.32. The Hall–Kier alpha value is -3.54. The minimum atomic E-state index is -3.69. The number of carbonyl (C=O) groups excluding carboxylic acids is 2. The largest absolute Gasteiger partial charge is 0.391 e. The van der Waals surface area contributed by atoms with Crippen LogP contribution in [0.5, 0.6) is 0 Å². The molecule has 1 atom stereocenters. The van der Waals surface area contributed by atoms with Gasteiger partial charge in [0.25, 0.3) is 11.8 Å². The maximum Gasteiger partial charge on any atom is 0.274 e. The highest BCUT2D eigenvalue weighted by Crippen LogP contribution is 2.41. The second-order valence-electron chi connectivity index (χ2n) is 9.84. The first kappa shape index (κ1) is 24.8. The van der Waals surface area contributed by atoms with Crippen LogP contribution in [-0.2, 0) is 20.3 Å². The molecule has 1 aromatic heterocycles. The van der Waals surface area contributed by atoms with Crippen LogP contribution < -0.4 is 0 Å². The van der Waals surface area contributed by atoms with E-state index in [1.54, 1.807) is 63.0 Å². The van der Waals surface area contributed by atoms with Crippen LogP contribution in [0.3, 0.4) is 0 Å². The van der Waals surface area contributed by atoms with Crippen molar-refractivity contribution in [3.05, 3.63) is 65.4 Å². The van der Waals surface area contributed by atoms with Gasteiger partial charge in [-0.1, -0.05) is 24.3 Å². The minimum Gasteiger partial charge on any atom is -0.391 e. The first-order valence-electron chi connectivity index (χ1n) is 12.7. The molecule has 2 fully saturated rings. The Kier molecular flexibility index (Phi) is 6.29. The lowest BCUT2D eigenvalue weighted by molar-refractivity contribution is 0.0298. The number of aromatic nitrogens is 2. The predicted molar refractivity (Wildman–Crippen MR) is 138 cm³/mol. The number of piperidine rings is 1. The standard InChI is InChI=1S/C27H28N4O6S/c32-20-7-4-10-30(16-20)26(33)18-5-3-6-19(15-18)31-25-21-8-1-2-9-23(21)38(35,36)17-22(25)24(28-31)27(34)29-11-13-37-14-12-29/h1-3,5-6,8-9,15,20,32H,4,7,10-14,16-17H2. The number of hydrogen-bond acceptors (Lipinski definition) is 7. The van der Waals surface area contributed by atoms with Gasteiger partial charge in [0.2, 0.25) is 0 Å². The number of sulfone groups is 1. The van der Waals surface area contributed by atoms with E-state index in [2.05, 4.69) is 5.10 Å². The molecular weight excluding hydrogens is 508 g/mol. The van der Waals surface area contributed by atoms with Gasteiger partial charge in [-0.15, -0.1) is 0 Å². The Morgan fingerprint density at radius 2 is 1.76 bits per heavy atom. The summed E-state index contributed by atoms with van der Waals surface area (Å²) < 4.78 is 33.4. The molecule has 10 nitrogen and oxygen atoms in total. The summed E-state index contributed by atoms with van der Waals surface area (Å²) in [5, 5.41) is 14.7. The topological polar surface area (TPSA) is 122 Å². The summed E-state index contributed by atoms with van der Waals surface area (Å²) in [6.45, 7) is 2.46. The van der Waals surface area contributed by atoms with Crippen molar-refractivity contribution in [2.24, 2.45) is 0 Å². The second kappa shape index (κ2) is 9.64. The Bertz CT molecular complexity index is 1530. The molecule has 3 aromatic rings. The fraction of sp³-hybridized carbons (Fsp3) is 0.370. The van der Waals surface area contributed by atoms with Gasteiger partial charge in [0, 0.05) is 42.9 Å². The fourth-order valence-electron chi connectivity index (χ4n) is 5.43. The number of amides is 2. The lowest BCUT2D eigenvalue weighted by Crippen LogP contribution is -2.42. The molecule has 38 heavy (non-hydrogen) atoms. The molecule has 2 amide bonds. The predicted octanol–water partition coefficient (Wildman–Crippen LogP) is 1.90. The molecule has 2 aromatic carbocycles. The maximum atomic E-state index is 13.6. The fourth-order valence-corrected chi connectivity index (χ4v) is 7.03. The SMILES string of the molecule is O=C(c1cccc(-n2nc(C(=O)N3CCOCC3)c3c2-c2ccccc2S(=O)(=O)C3)c1)N1CCCC(O)C1. The van der Waals surface area contributed by atoms with Crippen LogP contribution >= 0.6 is 0 Å². The number of carbonyl (C=O) groups is 2. The molecule has 1 N–H and O–H groups in total. The van der Waals surface area contributed by atoms with E-state index in [0.717, 1.165) is 6.42 Å². The second-order valence-corrected chi connectivity index (χ2v) is 11.8. The molecule has 0 radical (unpaired) electrons. The van der Waals surface area contributed by atoms with E-state index in [-0.39, 0.29) is 34.7 Å². The van der Waals surface area contributed by atoms with E-state index in [0.29, 0.717) is 67.3 Å². The molecule has 4 heterocycles. The van der Waals surface area contributed by atoms with Gasteiger partial charge in [0.05, 0.1) is 41.3 Å². The first-order chi connectivity index (χ1) is 18.3. The Morgan fingerprint density at radius 1 is 0.974 bits per heavy atom. The van der Waals surface area contributed by atoms with Crippen LogP contribution in [0.25, 0.3) is 16.9 Å². The molecule has 0 bridgehead atoms. The van der Waals surface area contributed by atoms with Gasteiger partial charge < -0.3 is 19.6 Å². The van der Waals surface area contributed by atoms with Crippen LogP contribution in [0.1, 0.15) is 39.3 Å². The summed E-state index contributed by atoms with van der Waals surface area (Å²) in [6.07, 6.45) is 0.865. The number of likely N-dealkylation sites (tertiary alicyclic amines) is 1. The Balaban J connectivity index is 1.48. The van der Waals surface area contributed by atoms with Crippen molar-refractivity contribution >= 4 is 21.7 Å². The Labute approximate surface area is 220 Å². The Morgan fingerprint density at radius 3 is 2.55 bits per heavy atom. The van der Waals surface area contributed by atoms with Crippen LogP contribution in [0.4, 0.5) is 0 Å². The molecule has 6 rings (SSSR count). The third-order valence-corrected chi connectivity index (χ3v) is 9.01. The molecule has 1 unspecified atom stereocenters. The zero-order valence-electron chi connectivity index (χ0n) is 20.7. The van der Waals surface area contributed by atoms with E-state index in [4.69, 9.17) is 4.74 Å². The molecule has 0 spiro atoms. The van der Waals surface area contributed by atoms with Crippen LogP contribution in [-0.4, -0.2) is 90.4 Å². The van der Waals surface area contributed by atoms with Crippen molar-refractivity contribution in [2.45, 2.75) is 29.6 Å². The van der Waals surface area contributed by atoms with E-state index >= 15 is 0 Å².